The van der Waals surface area contributed by atoms with Crippen molar-refractivity contribution in [3.63, 3.8) is 0 Å². The predicted octanol–water partition coefficient (Wildman–Crippen LogP) is 0.376. The van der Waals surface area contributed by atoms with E-state index in [-0.39, 0.29) is 12.2 Å². The van der Waals surface area contributed by atoms with Crippen LogP contribution in [-0.2, 0) is 0 Å². The molecule has 1 aromatic carbocycles. The minimum absolute atomic E-state index is 0.0867. The van der Waals surface area contributed by atoms with E-state index in [1.165, 1.54) is 25.1 Å². The Bertz CT molecular complexity index is 499. The summed E-state index contributed by atoms with van der Waals surface area (Å²) in [6.45, 7) is 2.38. The third-order valence-electron chi connectivity index (χ3n) is 2.64. The van der Waals surface area contributed by atoms with Gasteiger partial charge in [0, 0.05) is 24.2 Å². The Balaban J connectivity index is 2.81. The van der Waals surface area contributed by atoms with Crippen LogP contribution in [0.2, 0.25) is 0 Å². The summed E-state index contributed by atoms with van der Waals surface area (Å²) in [5.41, 5.74) is -0.726. The van der Waals surface area contributed by atoms with Gasteiger partial charge in [-0.3, -0.25) is 14.9 Å². The van der Waals surface area contributed by atoms with Crippen LogP contribution >= 0.6 is 0 Å². The lowest BCUT2D eigenvalue weighted by molar-refractivity contribution is -0.384. The molecule has 0 radical (unpaired) electrons. The smallest absolute Gasteiger partial charge is 0.269 e. The lowest BCUT2D eigenvalue weighted by atomic mass is 10.1. The number of nitro groups is 1. The zero-order valence-electron chi connectivity index (χ0n) is 10.7. The number of nitro benzene ring substituents is 1. The quantitative estimate of drug-likeness (QED) is 0.527. The molecule has 0 fully saturated rings. The summed E-state index contributed by atoms with van der Waals surface area (Å²) in [4.78, 5) is 21.9. The van der Waals surface area contributed by atoms with Crippen molar-refractivity contribution in [2.75, 3.05) is 13.2 Å². The summed E-state index contributed by atoms with van der Waals surface area (Å²) >= 11 is 0. The monoisotopic (exact) mass is 268 g/mol. The van der Waals surface area contributed by atoms with Gasteiger partial charge in [0.1, 0.15) is 5.60 Å². The van der Waals surface area contributed by atoms with Crippen molar-refractivity contribution in [2.45, 2.75) is 19.4 Å². The largest absolute Gasteiger partial charge is 0.393 e. The van der Waals surface area contributed by atoms with Crippen molar-refractivity contribution >= 4 is 11.6 Å². The van der Waals surface area contributed by atoms with E-state index >= 15 is 0 Å². The average Bonchev–Trinajstić information content (AvgIpc) is 2.36. The Hall–Kier alpha value is -1.99. The van der Waals surface area contributed by atoms with Gasteiger partial charge in [0.15, 0.2) is 0 Å². The third-order valence-corrected chi connectivity index (χ3v) is 2.64. The molecule has 1 unspecified atom stereocenters. The Morgan fingerprint density at radius 3 is 2.63 bits per heavy atom. The summed E-state index contributed by atoms with van der Waals surface area (Å²) in [6.07, 6.45) is 0. The van der Waals surface area contributed by atoms with Crippen molar-refractivity contribution in [1.82, 2.24) is 5.32 Å². The highest BCUT2D eigenvalue weighted by molar-refractivity contribution is 5.95. The summed E-state index contributed by atoms with van der Waals surface area (Å²) in [5, 5.41) is 31.4. The SMILES string of the molecule is Cc1cc([N+](=O)[O-])ccc1C(=O)NCC(C)(O)CO. The molecule has 0 aromatic heterocycles. The van der Waals surface area contributed by atoms with E-state index in [0.717, 1.165) is 0 Å². The second-order valence-corrected chi connectivity index (χ2v) is 4.59. The minimum Gasteiger partial charge on any atom is -0.393 e. The highest BCUT2D eigenvalue weighted by atomic mass is 16.6. The van der Waals surface area contributed by atoms with Crippen LogP contribution in [-0.4, -0.2) is 39.8 Å². The molecule has 0 heterocycles. The molecule has 104 valence electrons. The van der Waals surface area contributed by atoms with Crippen LogP contribution in [0.5, 0.6) is 0 Å². The molecule has 0 bridgehead atoms. The molecule has 0 aliphatic carbocycles. The van der Waals surface area contributed by atoms with Crippen LogP contribution in [0.1, 0.15) is 22.8 Å². The Morgan fingerprint density at radius 1 is 1.53 bits per heavy atom. The van der Waals surface area contributed by atoms with Gasteiger partial charge in [-0.1, -0.05) is 0 Å². The third kappa shape index (κ3) is 4.01. The molecule has 0 saturated heterocycles. The lowest BCUT2D eigenvalue weighted by Gasteiger charge is -2.20. The van der Waals surface area contributed by atoms with Crippen LogP contribution < -0.4 is 5.32 Å². The number of non-ortho nitro benzene ring substituents is 1. The Kier molecular flexibility index (Phi) is 4.57. The van der Waals surface area contributed by atoms with Crippen LogP contribution in [0, 0.1) is 17.0 Å². The van der Waals surface area contributed by atoms with Crippen LogP contribution in [0.25, 0.3) is 0 Å². The molecule has 1 aromatic rings. The molecule has 1 atom stereocenters. The molecule has 7 heteroatoms. The van der Waals surface area contributed by atoms with Crippen LogP contribution in [0.4, 0.5) is 5.69 Å². The number of carbonyl (C=O) groups excluding carboxylic acids is 1. The molecule has 1 amide bonds. The summed E-state index contributed by atoms with van der Waals surface area (Å²) in [6, 6.07) is 3.90. The summed E-state index contributed by atoms with van der Waals surface area (Å²) in [7, 11) is 0. The topological polar surface area (TPSA) is 113 Å². The van der Waals surface area contributed by atoms with Gasteiger partial charge >= 0.3 is 0 Å². The standard InChI is InChI=1S/C12H16N2O5/c1-8-5-9(14(18)19)3-4-10(8)11(16)13-6-12(2,17)7-15/h3-5,15,17H,6-7H2,1-2H3,(H,13,16). The first-order valence-corrected chi connectivity index (χ1v) is 5.63. The van der Waals surface area contributed by atoms with E-state index in [9.17, 15) is 20.0 Å². The van der Waals surface area contributed by atoms with E-state index in [1.54, 1.807) is 6.92 Å². The number of nitrogens with zero attached hydrogens (tertiary/aromatic N) is 1. The van der Waals surface area contributed by atoms with Crippen LogP contribution in [0.15, 0.2) is 18.2 Å². The molecule has 0 aliphatic rings. The zero-order chi connectivity index (χ0) is 14.6. The fourth-order valence-corrected chi connectivity index (χ4v) is 1.44. The Morgan fingerprint density at radius 2 is 2.16 bits per heavy atom. The van der Waals surface area contributed by atoms with Gasteiger partial charge in [-0.2, -0.15) is 0 Å². The maximum absolute atomic E-state index is 11.8. The molecule has 7 nitrogen and oxygen atoms in total. The molecule has 1 rings (SSSR count). The number of rotatable bonds is 5. The second kappa shape index (κ2) is 5.77. The average molecular weight is 268 g/mol. The highest BCUT2D eigenvalue weighted by Gasteiger charge is 2.21. The maximum atomic E-state index is 11.8. The predicted molar refractivity (Wildman–Crippen MR) is 67.9 cm³/mol. The first kappa shape index (κ1) is 15.1. The van der Waals surface area contributed by atoms with Gasteiger partial charge < -0.3 is 15.5 Å². The number of amides is 1. The van der Waals surface area contributed by atoms with Gasteiger partial charge in [-0.15, -0.1) is 0 Å². The summed E-state index contributed by atoms with van der Waals surface area (Å²) < 4.78 is 0. The number of aryl methyl sites for hydroxylation is 1. The minimum atomic E-state index is -1.40. The fraction of sp³-hybridized carbons (Fsp3) is 0.417. The maximum Gasteiger partial charge on any atom is 0.269 e. The number of hydrogen-bond acceptors (Lipinski definition) is 5. The molecular formula is C12H16N2O5. The van der Waals surface area contributed by atoms with Crippen molar-refractivity contribution < 1.29 is 19.9 Å². The van der Waals surface area contributed by atoms with E-state index in [0.29, 0.717) is 11.1 Å². The molecule has 0 saturated carbocycles. The molecule has 3 N–H and O–H groups in total. The van der Waals surface area contributed by atoms with Crippen molar-refractivity contribution in [1.29, 1.82) is 0 Å². The number of nitrogens with one attached hydrogen (secondary N) is 1. The van der Waals surface area contributed by atoms with E-state index in [1.807, 2.05) is 0 Å². The summed E-state index contributed by atoms with van der Waals surface area (Å²) in [5.74, 6) is -0.457. The zero-order valence-corrected chi connectivity index (χ0v) is 10.7. The fourth-order valence-electron chi connectivity index (χ4n) is 1.44. The molecule has 0 spiro atoms. The number of benzene rings is 1. The van der Waals surface area contributed by atoms with E-state index in [2.05, 4.69) is 5.32 Å². The van der Waals surface area contributed by atoms with Crippen molar-refractivity contribution in [3.05, 3.63) is 39.4 Å². The first-order chi connectivity index (χ1) is 8.76. The Labute approximate surface area is 110 Å². The number of carbonyl (C=O) groups is 1. The van der Waals surface area contributed by atoms with E-state index in [4.69, 9.17) is 5.11 Å². The van der Waals surface area contributed by atoms with Gasteiger partial charge in [-0.25, -0.2) is 0 Å². The highest BCUT2D eigenvalue weighted by Crippen LogP contribution is 2.17. The lowest BCUT2D eigenvalue weighted by Crippen LogP contribution is -2.43. The second-order valence-electron chi connectivity index (χ2n) is 4.59. The number of aliphatic hydroxyl groups excluding tert-OH is 1. The van der Waals surface area contributed by atoms with Gasteiger partial charge in [0.25, 0.3) is 11.6 Å². The van der Waals surface area contributed by atoms with Gasteiger partial charge in [0.05, 0.1) is 11.5 Å². The molecule has 19 heavy (non-hydrogen) atoms. The van der Waals surface area contributed by atoms with Gasteiger partial charge in [-0.05, 0) is 25.5 Å². The van der Waals surface area contributed by atoms with Crippen LogP contribution in [0.3, 0.4) is 0 Å². The molecular weight excluding hydrogens is 252 g/mol. The molecule has 0 aliphatic heterocycles. The normalized spacial score (nSPS) is 13.7. The van der Waals surface area contributed by atoms with Crippen molar-refractivity contribution in [2.24, 2.45) is 0 Å². The van der Waals surface area contributed by atoms with Crippen molar-refractivity contribution in [3.8, 4) is 0 Å². The first-order valence-electron chi connectivity index (χ1n) is 5.63. The van der Waals surface area contributed by atoms with Gasteiger partial charge in [0.2, 0.25) is 0 Å². The number of aliphatic hydroxyl groups is 2. The number of hydrogen-bond donors (Lipinski definition) is 3. The van der Waals surface area contributed by atoms with E-state index < -0.39 is 23.0 Å².